The standard InChI is InChI=1S/C11H15ClN2O2.C9H13N3O/c1-8(2)13-14-11(15)7-16-10-5-3-9(12)4-6-10;1-7(2)11-12-9(13)8-3-5-10-6-4-8/h3-6,8,13H,7H2,1-2H3,(H,14,15);3-7,11H,1-2H3,(H,12,13). The van der Waals surface area contributed by atoms with Crippen LogP contribution in [0.15, 0.2) is 48.8 Å². The summed E-state index contributed by atoms with van der Waals surface area (Å²) in [7, 11) is 0. The molecule has 0 saturated carbocycles. The second kappa shape index (κ2) is 13.5. The van der Waals surface area contributed by atoms with Gasteiger partial charge in [-0.2, -0.15) is 0 Å². The number of hydrogen-bond donors (Lipinski definition) is 4. The van der Waals surface area contributed by atoms with Crippen molar-refractivity contribution in [2.45, 2.75) is 39.8 Å². The van der Waals surface area contributed by atoms with Crippen molar-refractivity contribution >= 4 is 23.4 Å². The van der Waals surface area contributed by atoms with E-state index in [1.54, 1.807) is 48.8 Å². The van der Waals surface area contributed by atoms with Crippen LogP contribution in [0.3, 0.4) is 0 Å². The first kappa shape index (κ1) is 24.4. The molecule has 158 valence electrons. The van der Waals surface area contributed by atoms with Gasteiger partial charge in [0, 0.05) is 35.1 Å². The SMILES string of the molecule is CC(C)NNC(=O)COc1ccc(Cl)cc1.CC(C)NNC(=O)c1ccncc1. The molecule has 0 unspecified atom stereocenters. The Kier molecular flexibility index (Phi) is 11.3. The molecule has 0 spiro atoms. The molecule has 0 fully saturated rings. The molecular weight excluding hydrogens is 394 g/mol. The van der Waals surface area contributed by atoms with Crippen LogP contribution < -0.4 is 26.4 Å². The maximum atomic E-state index is 11.3. The highest BCUT2D eigenvalue weighted by atomic mass is 35.5. The van der Waals surface area contributed by atoms with Crippen LogP contribution in [0.25, 0.3) is 0 Å². The van der Waals surface area contributed by atoms with Crippen molar-refractivity contribution in [2.24, 2.45) is 0 Å². The zero-order chi connectivity index (χ0) is 21.6. The minimum Gasteiger partial charge on any atom is -0.484 e. The summed E-state index contributed by atoms with van der Waals surface area (Å²) in [6.45, 7) is 7.74. The van der Waals surface area contributed by atoms with E-state index in [4.69, 9.17) is 16.3 Å². The summed E-state index contributed by atoms with van der Waals surface area (Å²) in [5.41, 5.74) is 11.3. The van der Waals surface area contributed by atoms with Crippen molar-refractivity contribution in [3.8, 4) is 5.75 Å². The molecule has 1 heterocycles. The molecule has 0 radical (unpaired) electrons. The van der Waals surface area contributed by atoms with Crippen LogP contribution >= 0.6 is 11.6 Å². The molecule has 8 nitrogen and oxygen atoms in total. The average molecular weight is 422 g/mol. The van der Waals surface area contributed by atoms with Crippen molar-refractivity contribution < 1.29 is 14.3 Å². The fourth-order valence-corrected chi connectivity index (χ4v) is 1.85. The summed E-state index contributed by atoms with van der Waals surface area (Å²) in [6, 6.07) is 10.6. The number of carbonyl (C=O) groups excluding carboxylic acids is 2. The number of halogens is 1. The van der Waals surface area contributed by atoms with E-state index in [1.807, 2.05) is 27.7 Å². The first-order valence-corrected chi connectivity index (χ1v) is 9.54. The van der Waals surface area contributed by atoms with Crippen LogP contribution in [0, 0.1) is 0 Å². The Morgan fingerprint density at radius 3 is 2.03 bits per heavy atom. The summed E-state index contributed by atoms with van der Waals surface area (Å²) < 4.78 is 5.24. The van der Waals surface area contributed by atoms with E-state index in [0.717, 1.165) is 0 Å². The van der Waals surface area contributed by atoms with E-state index in [9.17, 15) is 9.59 Å². The van der Waals surface area contributed by atoms with E-state index in [1.165, 1.54) is 0 Å². The topological polar surface area (TPSA) is 104 Å². The number of carbonyl (C=O) groups is 2. The molecular formula is C20H28ClN5O3. The number of aromatic nitrogens is 1. The van der Waals surface area contributed by atoms with Crippen molar-refractivity contribution in [3.63, 3.8) is 0 Å². The number of nitrogens with one attached hydrogen (secondary N) is 4. The first-order valence-electron chi connectivity index (χ1n) is 9.16. The molecule has 2 aromatic rings. The maximum Gasteiger partial charge on any atom is 0.271 e. The van der Waals surface area contributed by atoms with Gasteiger partial charge in [-0.05, 0) is 64.1 Å². The Hall–Kier alpha value is -2.68. The summed E-state index contributed by atoms with van der Waals surface area (Å²) in [5, 5.41) is 0.637. The number of amides is 2. The van der Waals surface area contributed by atoms with Crippen LogP contribution in [0.4, 0.5) is 0 Å². The van der Waals surface area contributed by atoms with E-state index in [0.29, 0.717) is 16.3 Å². The van der Waals surface area contributed by atoms with Gasteiger partial charge < -0.3 is 4.74 Å². The van der Waals surface area contributed by atoms with E-state index < -0.39 is 0 Å². The number of benzene rings is 1. The maximum absolute atomic E-state index is 11.3. The second-order valence-corrected chi connectivity index (χ2v) is 7.02. The lowest BCUT2D eigenvalue weighted by Crippen LogP contribution is -2.43. The lowest BCUT2D eigenvalue weighted by Gasteiger charge is -2.10. The number of pyridine rings is 1. The predicted octanol–water partition coefficient (Wildman–Crippen LogP) is 2.47. The quantitative estimate of drug-likeness (QED) is 0.488. The highest BCUT2D eigenvalue weighted by molar-refractivity contribution is 6.30. The minimum absolute atomic E-state index is 0.0264. The number of hydrazine groups is 2. The number of ether oxygens (including phenoxy) is 1. The molecule has 1 aromatic heterocycles. The molecule has 0 saturated heterocycles. The predicted molar refractivity (Wildman–Crippen MR) is 113 cm³/mol. The van der Waals surface area contributed by atoms with Crippen LogP contribution in [0.5, 0.6) is 5.75 Å². The normalized spacial score (nSPS) is 10.2. The molecule has 29 heavy (non-hydrogen) atoms. The first-order chi connectivity index (χ1) is 13.8. The van der Waals surface area contributed by atoms with Gasteiger partial charge in [0.2, 0.25) is 0 Å². The van der Waals surface area contributed by atoms with Crippen LogP contribution in [0.2, 0.25) is 5.02 Å². The Morgan fingerprint density at radius 2 is 1.48 bits per heavy atom. The summed E-state index contributed by atoms with van der Waals surface area (Å²) in [5.74, 6) is 0.254. The third-order valence-electron chi connectivity index (χ3n) is 3.10. The van der Waals surface area contributed by atoms with Gasteiger partial charge in [0.25, 0.3) is 11.8 Å². The Labute approximate surface area is 176 Å². The largest absolute Gasteiger partial charge is 0.484 e. The van der Waals surface area contributed by atoms with Crippen LogP contribution in [0.1, 0.15) is 38.1 Å². The van der Waals surface area contributed by atoms with Gasteiger partial charge in [-0.15, -0.1) is 0 Å². The van der Waals surface area contributed by atoms with Gasteiger partial charge >= 0.3 is 0 Å². The van der Waals surface area contributed by atoms with E-state index in [-0.39, 0.29) is 30.5 Å². The summed E-state index contributed by atoms with van der Waals surface area (Å²) in [6.07, 6.45) is 3.18. The number of hydrogen-bond acceptors (Lipinski definition) is 6. The fraction of sp³-hybridized carbons (Fsp3) is 0.350. The smallest absolute Gasteiger partial charge is 0.271 e. The van der Waals surface area contributed by atoms with Crippen molar-refractivity contribution in [1.82, 2.24) is 26.7 Å². The van der Waals surface area contributed by atoms with Gasteiger partial charge in [-0.25, -0.2) is 10.9 Å². The molecule has 9 heteroatoms. The molecule has 0 bridgehead atoms. The zero-order valence-electron chi connectivity index (χ0n) is 17.0. The summed E-state index contributed by atoms with van der Waals surface area (Å²) in [4.78, 5) is 26.4. The molecule has 4 N–H and O–H groups in total. The Balaban J connectivity index is 0.000000296. The van der Waals surface area contributed by atoms with Crippen LogP contribution in [-0.4, -0.2) is 35.5 Å². The molecule has 0 aliphatic rings. The highest BCUT2D eigenvalue weighted by Gasteiger charge is 2.04. The Bertz CT molecular complexity index is 740. The van der Waals surface area contributed by atoms with Crippen molar-refractivity contribution in [1.29, 1.82) is 0 Å². The lowest BCUT2D eigenvalue weighted by molar-refractivity contribution is -0.124. The fourth-order valence-electron chi connectivity index (χ4n) is 1.73. The molecule has 0 aliphatic carbocycles. The average Bonchev–Trinajstić information content (AvgIpc) is 2.71. The molecule has 0 atom stereocenters. The number of nitrogens with zero attached hydrogens (tertiary/aromatic N) is 1. The minimum atomic E-state index is -0.219. The second-order valence-electron chi connectivity index (χ2n) is 6.58. The van der Waals surface area contributed by atoms with Gasteiger partial charge in [-0.1, -0.05) is 11.6 Å². The van der Waals surface area contributed by atoms with E-state index in [2.05, 4.69) is 26.7 Å². The van der Waals surface area contributed by atoms with Crippen molar-refractivity contribution in [3.05, 3.63) is 59.4 Å². The molecule has 0 aliphatic heterocycles. The van der Waals surface area contributed by atoms with Crippen molar-refractivity contribution in [2.75, 3.05) is 6.61 Å². The molecule has 1 aromatic carbocycles. The summed E-state index contributed by atoms with van der Waals surface area (Å²) >= 11 is 5.71. The van der Waals surface area contributed by atoms with Gasteiger partial charge in [0.15, 0.2) is 6.61 Å². The van der Waals surface area contributed by atoms with Crippen LogP contribution in [-0.2, 0) is 4.79 Å². The Morgan fingerprint density at radius 1 is 0.931 bits per heavy atom. The molecule has 2 amide bonds. The lowest BCUT2D eigenvalue weighted by atomic mass is 10.2. The zero-order valence-corrected chi connectivity index (χ0v) is 17.8. The van der Waals surface area contributed by atoms with Gasteiger partial charge in [0.05, 0.1) is 0 Å². The third kappa shape index (κ3) is 11.7. The van der Waals surface area contributed by atoms with E-state index >= 15 is 0 Å². The monoisotopic (exact) mass is 421 g/mol. The third-order valence-corrected chi connectivity index (χ3v) is 3.35. The van der Waals surface area contributed by atoms with Gasteiger partial charge in [-0.3, -0.25) is 25.4 Å². The number of rotatable bonds is 8. The highest BCUT2D eigenvalue weighted by Crippen LogP contribution is 2.15. The van der Waals surface area contributed by atoms with Gasteiger partial charge in [0.1, 0.15) is 5.75 Å². The molecule has 2 rings (SSSR count).